The van der Waals surface area contributed by atoms with Crippen molar-refractivity contribution < 1.29 is 14.3 Å². The first-order valence-corrected chi connectivity index (χ1v) is 8.12. The lowest BCUT2D eigenvalue weighted by Crippen LogP contribution is -2.19. The van der Waals surface area contributed by atoms with Gasteiger partial charge in [0.05, 0.1) is 13.0 Å². The Kier molecular flexibility index (Phi) is 8.11. The van der Waals surface area contributed by atoms with E-state index in [2.05, 4.69) is 33.2 Å². The first kappa shape index (κ1) is 19.0. The highest BCUT2D eigenvalue weighted by Gasteiger charge is 2.10. The summed E-state index contributed by atoms with van der Waals surface area (Å²) in [6.07, 6.45) is 1.47. The third-order valence-electron chi connectivity index (χ3n) is 2.83. The lowest BCUT2D eigenvalue weighted by atomic mass is 10.2. The Labute approximate surface area is 149 Å². The molecule has 0 saturated carbocycles. The van der Waals surface area contributed by atoms with E-state index in [4.69, 9.17) is 10.00 Å². The molecule has 1 amide bonds. The highest BCUT2D eigenvalue weighted by atomic mass is 127. The molecule has 0 spiro atoms. The zero-order chi connectivity index (χ0) is 17.2. The van der Waals surface area contributed by atoms with Gasteiger partial charge in [0.25, 0.3) is 5.91 Å². The van der Waals surface area contributed by atoms with Crippen LogP contribution >= 0.6 is 22.6 Å². The molecule has 0 radical (unpaired) electrons. The van der Waals surface area contributed by atoms with Crippen molar-refractivity contribution in [2.24, 2.45) is 0 Å². The number of hydrogen-bond acceptors (Lipinski definition) is 5. The van der Waals surface area contributed by atoms with E-state index in [-0.39, 0.29) is 18.0 Å². The van der Waals surface area contributed by atoms with E-state index in [0.717, 1.165) is 9.13 Å². The van der Waals surface area contributed by atoms with E-state index in [0.29, 0.717) is 18.8 Å². The van der Waals surface area contributed by atoms with E-state index in [1.54, 1.807) is 13.0 Å². The Balaban J connectivity index is 2.59. The smallest absolute Gasteiger partial charge is 0.307 e. The van der Waals surface area contributed by atoms with E-state index < -0.39 is 5.91 Å². The van der Waals surface area contributed by atoms with Gasteiger partial charge in [-0.1, -0.05) is 0 Å². The molecule has 0 aromatic heterocycles. The predicted octanol–water partition coefficient (Wildman–Crippen LogP) is 2.49. The molecule has 2 N–H and O–H groups in total. The molecule has 7 heteroatoms. The van der Waals surface area contributed by atoms with Gasteiger partial charge < -0.3 is 15.4 Å². The van der Waals surface area contributed by atoms with Crippen molar-refractivity contribution in [1.82, 2.24) is 5.32 Å². The molecule has 0 bridgehead atoms. The minimum atomic E-state index is -0.500. The third kappa shape index (κ3) is 6.69. The highest BCUT2D eigenvalue weighted by Crippen LogP contribution is 2.18. The fourth-order valence-electron chi connectivity index (χ4n) is 1.69. The molecule has 0 heterocycles. The summed E-state index contributed by atoms with van der Waals surface area (Å²) < 4.78 is 5.84. The van der Waals surface area contributed by atoms with Crippen molar-refractivity contribution in [3.63, 3.8) is 0 Å². The van der Waals surface area contributed by atoms with Gasteiger partial charge in [-0.2, -0.15) is 5.26 Å². The largest absolute Gasteiger partial charge is 0.466 e. The molecule has 0 atom stereocenters. The minimum Gasteiger partial charge on any atom is -0.466 e. The molecular formula is C16H18IN3O3. The van der Waals surface area contributed by atoms with Crippen molar-refractivity contribution in [2.45, 2.75) is 20.3 Å². The maximum atomic E-state index is 12.1. The van der Waals surface area contributed by atoms with E-state index in [9.17, 15) is 9.59 Å². The van der Waals surface area contributed by atoms with E-state index in [1.165, 1.54) is 6.20 Å². The first-order chi connectivity index (χ1) is 11.0. The molecule has 1 aromatic rings. The summed E-state index contributed by atoms with van der Waals surface area (Å²) in [5, 5.41) is 14.5. The molecular weight excluding hydrogens is 409 g/mol. The number of halogens is 1. The first-order valence-electron chi connectivity index (χ1n) is 7.04. The average Bonchev–Trinajstić information content (AvgIpc) is 2.50. The number of amides is 1. The number of esters is 1. The summed E-state index contributed by atoms with van der Waals surface area (Å²) in [5.74, 6) is -0.827. The molecule has 0 aliphatic rings. The van der Waals surface area contributed by atoms with Crippen molar-refractivity contribution in [3.8, 4) is 6.07 Å². The third-order valence-corrected chi connectivity index (χ3v) is 3.50. The fourth-order valence-corrected chi connectivity index (χ4v) is 2.33. The summed E-state index contributed by atoms with van der Waals surface area (Å²) in [5.41, 5.74) is 1.51. The average molecular weight is 427 g/mol. The van der Waals surface area contributed by atoms with E-state index >= 15 is 0 Å². The Hall–Kier alpha value is -2.08. The number of hydrogen-bond donors (Lipinski definition) is 2. The molecule has 0 fully saturated rings. The van der Waals surface area contributed by atoms with Gasteiger partial charge >= 0.3 is 5.97 Å². The van der Waals surface area contributed by atoms with Crippen LogP contribution in [0.4, 0.5) is 5.69 Å². The Morgan fingerprint density at radius 3 is 2.78 bits per heavy atom. The maximum Gasteiger partial charge on any atom is 0.307 e. The molecule has 122 valence electrons. The molecule has 0 saturated heterocycles. The van der Waals surface area contributed by atoms with Gasteiger partial charge in [-0.25, -0.2) is 0 Å². The number of ether oxygens (including phenoxy) is 1. The lowest BCUT2D eigenvalue weighted by molar-refractivity contribution is -0.142. The van der Waals surface area contributed by atoms with Gasteiger partial charge in [0, 0.05) is 22.0 Å². The van der Waals surface area contributed by atoms with Crippen molar-refractivity contribution >= 4 is 40.2 Å². The van der Waals surface area contributed by atoms with Crippen LogP contribution in [-0.4, -0.2) is 25.0 Å². The van der Waals surface area contributed by atoms with Crippen LogP contribution in [-0.2, 0) is 14.3 Å². The zero-order valence-electron chi connectivity index (χ0n) is 13.0. The summed E-state index contributed by atoms with van der Waals surface area (Å²) >= 11 is 2.19. The number of nitrogens with one attached hydrogen (secondary N) is 2. The van der Waals surface area contributed by atoms with Crippen LogP contribution in [0.2, 0.25) is 0 Å². The topological polar surface area (TPSA) is 91.2 Å². The number of anilines is 1. The van der Waals surface area contributed by atoms with Crippen LogP contribution in [0.25, 0.3) is 0 Å². The van der Waals surface area contributed by atoms with Crippen LogP contribution in [0.5, 0.6) is 0 Å². The van der Waals surface area contributed by atoms with Gasteiger partial charge in [-0.05, 0) is 60.2 Å². The van der Waals surface area contributed by atoms with Crippen LogP contribution in [0.1, 0.15) is 18.9 Å². The molecule has 0 aliphatic heterocycles. The van der Waals surface area contributed by atoms with Gasteiger partial charge in [-0.3, -0.25) is 9.59 Å². The van der Waals surface area contributed by atoms with Gasteiger partial charge in [0.1, 0.15) is 11.6 Å². The van der Waals surface area contributed by atoms with Crippen LogP contribution in [0.3, 0.4) is 0 Å². The van der Waals surface area contributed by atoms with Crippen LogP contribution < -0.4 is 10.6 Å². The van der Waals surface area contributed by atoms with Crippen LogP contribution in [0, 0.1) is 21.8 Å². The second-order valence-electron chi connectivity index (χ2n) is 4.59. The second kappa shape index (κ2) is 9.84. The number of aryl methyl sites for hydroxylation is 1. The zero-order valence-corrected chi connectivity index (χ0v) is 15.1. The van der Waals surface area contributed by atoms with Gasteiger partial charge in [-0.15, -0.1) is 0 Å². The Morgan fingerprint density at radius 2 is 2.17 bits per heavy atom. The maximum absolute atomic E-state index is 12.1. The monoisotopic (exact) mass is 427 g/mol. The number of carbonyl (C=O) groups is 2. The molecule has 1 rings (SSSR count). The minimum absolute atomic E-state index is 0.0631. The normalized spacial score (nSPS) is 10.6. The molecule has 0 aliphatic carbocycles. The number of nitriles is 1. The molecule has 6 nitrogen and oxygen atoms in total. The van der Waals surface area contributed by atoms with Crippen molar-refractivity contribution in [1.29, 1.82) is 5.26 Å². The van der Waals surface area contributed by atoms with Gasteiger partial charge in [0.15, 0.2) is 0 Å². The van der Waals surface area contributed by atoms with Crippen LogP contribution in [0.15, 0.2) is 30.0 Å². The predicted molar refractivity (Wildman–Crippen MR) is 95.5 cm³/mol. The highest BCUT2D eigenvalue weighted by molar-refractivity contribution is 14.1. The number of carbonyl (C=O) groups excluding carboxylic acids is 2. The Bertz CT molecular complexity index is 650. The number of benzene rings is 1. The lowest BCUT2D eigenvalue weighted by Gasteiger charge is -2.08. The van der Waals surface area contributed by atoms with Crippen molar-refractivity contribution in [3.05, 3.63) is 39.1 Å². The molecule has 0 unspecified atom stereocenters. The fraction of sp³-hybridized carbons (Fsp3) is 0.312. The van der Waals surface area contributed by atoms with Gasteiger partial charge in [0.2, 0.25) is 0 Å². The number of nitrogens with zero attached hydrogens (tertiary/aromatic N) is 1. The SMILES string of the molecule is CCOC(=O)CCN/C=C(/C#N)C(=O)Nc1ccc(I)cc1C. The standard InChI is InChI=1S/C16H18IN3O3/c1-3-23-15(21)6-7-19-10-12(9-18)16(22)20-14-5-4-13(17)8-11(14)2/h4-5,8,10,19H,3,6-7H2,1-2H3,(H,20,22)/b12-10-. The Morgan fingerprint density at radius 1 is 1.43 bits per heavy atom. The second-order valence-corrected chi connectivity index (χ2v) is 5.84. The number of rotatable bonds is 7. The summed E-state index contributed by atoms with van der Waals surface area (Å²) in [6, 6.07) is 7.43. The molecule has 23 heavy (non-hydrogen) atoms. The molecule has 1 aromatic carbocycles. The van der Waals surface area contributed by atoms with Crippen molar-refractivity contribution in [2.75, 3.05) is 18.5 Å². The van der Waals surface area contributed by atoms with E-state index in [1.807, 2.05) is 25.1 Å². The quantitative estimate of drug-likeness (QED) is 0.230. The summed E-state index contributed by atoms with van der Waals surface area (Å²) in [4.78, 5) is 23.2. The summed E-state index contributed by atoms with van der Waals surface area (Å²) in [7, 11) is 0. The summed E-state index contributed by atoms with van der Waals surface area (Å²) in [6.45, 7) is 4.23.